The lowest BCUT2D eigenvalue weighted by atomic mass is 10.0. The third-order valence-electron chi connectivity index (χ3n) is 3.90. The second-order valence-corrected chi connectivity index (χ2v) is 5.96. The molecule has 1 unspecified atom stereocenters. The van der Waals surface area contributed by atoms with E-state index in [1.807, 2.05) is 32.9 Å². The lowest BCUT2D eigenvalue weighted by molar-refractivity contribution is -0.152. The van der Waals surface area contributed by atoms with Gasteiger partial charge in [0.15, 0.2) is 0 Å². The van der Waals surface area contributed by atoms with Gasteiger partial charge in [-0.05, 0) is 57.7 Å². The molecule has 0 radical (unpaired) electrons. The summed E-state index contributed by atoms with van der Waals surface area (Å²) in [6, 6.07) is 6.36. The van der Waals surface area contributed by atoms with Gasteiger partial charge in [0, 0.05) is 6.04 Å². The maximum absolute atomic E-state index is 12.2. The van der Waals surface area contributed by atoms with E-state index in [4.69, 9.17) is 9.47 Å². The Labute approximate surface area is 126 Å². The maximum Gasteiger partial charge on any atom is 0.329 e. The van der Waals surface area contributed by atoms with Gasteiger partial charge in [-0.2, -0.15) is 0 Å². The summed E-state index contributed by atoms with van der Waals surface area (Å²) in [5, 5.41) is 3.36. The van der Waals surface area contributed by atoms with Crippen LogP contribution in [-0.2, 0) is 9.53 Å². The standard InChI is InChI=1S/C17H25NO3/c1-5-20-16(19)17(4,18-14-9-10-14)11-21-15-8-6-7-12(2)13(15)3/h6-8,14,18H,5,9-11H2,1-4H3. The van der Waals surface area contributed by atoms with Crippen LogP contribution in [-0.4, -0.2) is 30.8 Å². The van der Waals surface area contributed by atoms with E-state index in [-0.39, 0.29) is 12.6 Å². The topological polar surface area (TPSA) is 47.6 Å². The van der Waals surface area contributed by atoms with Crippen LogP contribution in [0, 0.1) is 13.8 Å². The first-order valence-corrected chi connectivity index (χ1v) is 7.60. The minimum Gasteiger partial charge on any atom is -0.491 e. The highest BCUT2D eigenvalue weighted by Crippen LogP contribution is 2.25. The van der Waals surface area contributed by atoms with Gasteiger partial charge in [0.05, 0.1) is 6.61 Å². The molecule has 0 amide bonds. The molecule has 1 N–H and O–H groups in total. The molecular weight excluding hydrogens is 266 g/mol. The molecule has 2 rings (SSSR count). The van der Waals surface area contributed by atoms with E-state index < -0.39 is 5.54 Å². The molecule has 1 aromatic carbocycles. The summed E-state index contributed by atoms with van der Waals surface area (Å²) >= 11 is 0. The van der Waals surface area contributed by atoms with E-state index in [0.717, 1.165) is 24.2 Å². The molecule has 0 heterocycles. The Morgan fingerprint density at radius 2 is 2.10 bits per heavy atom. The van der Waals surface area contributed by atoms with Crippen LogP contribution in [0.15, 0.2) is 18.2 Å². The Balaban J connectivity index is 2.07. The highest BCUT2D eigenvalue weighted by atomic mass is 16.5. The summed E-state index contributed by atoms with van der Waals surface area (Å²) < 4.78 is 11.1. The largest absolute Gasteiger partial charge is 0.491 e. The number of carbonyl (C=O) groups excluding carboxylic acids is 1. The van der Waals surface area contributed by atoms with Gasteiger partial charge in [-0.3, -0.25) is 5.32 Å². The third-order valence-corrected chi connectivity index (χ3v) is 3.90. The minimum atomic E-state index is -0.798. The number of hydrogen-bond donors (Lipinski definition) is 1. The third kappa shape index (κ3) is 3.97. The number of benzene rings is 1. The van der Waals surface area contributed by atoms with Crippen molar-refractivity contribution in [2.45, 2.75) is 52.1 Å². The summed E-state index contributed by atoms with van der Waals surface area (Å²) in [6.45, 7) is 8.40. The molecule has 21 heavy (non-hydrogen) atoms. The number of hydrogen-bond acceptors (Lipinski definition) is 4. The molecule has 1 aliphatic rings. The number of rotatable bonds is 7. The number of aryl methyl sites for hydroxylation is 1. The first-order chi connectivity index (χ1) is 9.96. The van der Waals surface area contributed by atoms with E-state index >= 15 is 0 Å². The fraction of sp³-hybridized carbons (Fsp3) is 0.588. The van der Waals surface area contributed by atoms with Crippen LogP contribution in [0.2, 0.25) is 0 Å². The van der Waals surface area contributed by atoms with Crippen molar-refractivity contribution in [1.29, 1.82) is 0 Å². The predicted octanol–water partition coefficient (Wildman–Crippen LogP) is 2.76. The average Bonchev–Trinajstić information content (AvgIpc) is 3.24. The summed E-state index contributed by atoms with van der Waals surface area (Å²) in [5.74, 6) is 0.574. The number of carbonyl (C=O) groups is 1. The van der Waals surface area contributed by atoms with Crippen molar-refractivity contribution in [3.8, 4) is 5.75 Å². The zero-order chi connectivity index (χ0) is 15.5. The fourth-order valence-corrected chi connectivity index (χ4v) is 2.23. The minimum absolute atomic E-state index is 0.248. The van der Waals surface area contributed by atoms with E-state index in [0.29, 0.717) is 12.6 Å². The second-order valence-electron chi connectivity index (χ2n) is 5.96. The van der Waals surface area contributed by atoms with E-state index in [1.54, 1.807) is 0 Å². The maximum atomic E-state index is 12.2. The van der Waals surface area contributed by atoms with Crippen LogP contribution in [0.5, 0.6) is 5.75 Å². The van der Waals surface area contributed by atoms with Crippen LogP contribution in [0.25, 0.3) is 0 Å². The number of nitrogens with one attached hydrogen (secondary N) is 1. The highest BCUT2D eigenvalue weighted by molar-refractivity contribution is 5.80. The Hall–Kier alpha value is -1.55. The van der Waals surface area contributed by atoms with Crippen LogP contribution in [0.4, 0.5) is 0 Å². The molecule has 4 heteroatoms. The Morgan fingerprint density at radius 1 is 1.38 bits per heavy atom. The quantitative estimate of drug-likeness (QED) is 0.785. The summed E-state index contributed by atoms with van der Waals surface area (Å²) in [7, 11) is 0. The average molecular weight is 291 g/mol. The second kappa shape index (κ2) is 6.48. The molecule has 1 atom stereocenters. The van der Waals surface area contributed by atoms with Crippen molar-refractivity contribution in [1.82, 2.24) is 5.32 Å². The Morgan fingerprint density at radius 3 is 2.71 bits per heavy atom. The van der Waals surface area contributed by atoms with Gasteiger partial charge < -0.3 is 9.47 Å². The molecule has 0 aromatic heterocycles. The molecule has 1 aromatic rings. The lowest BCUT2D eigenvalue weighted by Gasteiger charge is -2.29. The SMILES string of the molecule is CCOC(=O)C(C)(COc1cccc(C)c1C)NC1CC1. The zero-order valence-electron chi connectivity index (χ0n) is 13.4. The van der Waals surface area contributed by atoms with Gasteiger partial charge in [0.25, 0.3) is 0 Å². The Bertz CT molecular complexity index is 511. The normalized spacial score (nSPS) is 17.1. The molecule has 1 aliphatic carbocycles. The van der Waals surface area contributed by atoms with Gasteiger partial charge in [-0.1, -0.05) is 12.1 Å². The highest BCUT2D eigenvalue weighted by Gasteiger charge is 2.40. The van der Waals surface area contributed by atoms with Crippen molar-refractivity contribution in [2.24, 2.45) is 0 Å². The van der Waals surface area contributed by atoms with Gasteiger partial charge >= 0.3 is 5.97 Å². The summed E-state index contributed by atoms with van der Waals surface area (Å²) in [5.41, 5.74) is 1.49. The first-order valence-electron chi connectivity index (χ1n) is 7.60. The van der Waals surface area contributed by atoms with Crippen molar-refractivity contribution < 1.29 is 14.3 Å². The van der Waals surface area contributed by atoms with Crippen LogP contribution in [0.3, 0.4) is 0 Å². The summed E-state index contributed by atoms with van der Waals surface area (Å²) in [4.78, 5) is 12.2. The van der Waals surface area contributed by atoms with Crippen molar-refractivity contribution in [3.05, 3.63) is 29.3 Å². The van der Waals surface area contributed by atoms with Gasteiger partial charge in [-0.25, -0.2) is 4.79 Å². The van der Waals surface area contributed by atoms with Crippen LogP contribution in [0.1, 0.15) is 37.8 Å². The fourth-order valence-electron chi connectivity index (χ4n) is 2.23. The molecule has 1 fully saturated rings. The van der Waals surface area contributed by atoms with Gasteiger partial charge in [-0.15, -0.1) is 0 Å². The van der Waals surface area contributed by atoms with Crippen molar-refractivity contribution in [3.63, 3.8) is 0 Å². The number of esters is 1. The van der Waals surface area contributed by atoms with E-state index in [9.17, 15) is 4.79 Å². The molecule has 116 valence electrons. The molecule has 4 nitrogen and oxygen atoms in total. The molecule has 0 aliphatic heterocycles. The summed E-state index contributed by atoms with van der Waals surface area (Å²) in [6.07, 6.45) is 2.22. The molecule has 0 spiro atoms. The van der Waals surface area contributed by atoms with Gasteiger partial charge in [0.2, 0.25) is 0 Å². The van der Waals surface area contributed by atoms with Crippen LogP contribution >= 0.6 is 0 Å². The van der Waals surface area contributed by atoms with Gasteiger partial charge in [0.1, 0.15) is 17.9 Å². The first kappa shape index (κ1) is 15.8. The van der Waals surface area contributed by atoms with E-state index in [2.05, 4.69) is 18.3 Å². The van der Waals surface area contributed by atoms with Crippen LogP contribution < -0.4 is 10.1 Å². The van der Waals surface area contributed by atoms with E-state index in [1.165, 1.54) is 5.56 Å². The molecular formula is C17H25NO3. The van der Waals surface area contributed by atoms with Crippen molar-refractivity contribution in [2.75, 3.05) is 13.2 Å². The lowest BCUT2D eigenvalue weighted by Crippen LogP contribution is -2.55. The zero-order valence-corrected chi connectivity index (χ0v) is 13.4. The molecule has 0 bridgehead atoms. The number of ether oxygens (including phenoxy) is 2. The Kier molecular flexibility index (Phi) is 4.88. The monoisotopic (exact) mass is 291 g/mol. The van der Waals surface area contributed by atoms with Crippen molar-refractivity contribution >= 4 is 5.97 Å². The predicted molar refractivity (Wildman–Crippen MR) is 82.6 cm³/mol. The molecule has 1 saturated carbocycles. The molecule has 0 saturated heterocycles. The smallest absolute Gasteiger partial charge is 0.329 e.